The molecule has 3 rings (SSSR count). The van der Waals surface area contributed by atoms with E-state index in [-0.39, 0.29) is 22.7 Å². The van der Waals surface area contributed by atoms with Crippen molar-refractivity contribution in [3.8, 4) is 5.75 Å². The van der Waals surface area contributed by atoms with Gasteiger partial charge in [-0.1, -0.05) is 17.7 Å². The van der Waals surface area contributed by atoms with Crippen LogP contribution in [0.25, 0.3) is 21.7 Å². The van der Waals surface area contributed by atoms with E-state index in [1.807, 2.05) is 0 Å². The number of rotatable bonds is 1. The summed E-state index contributed by atoms with van der Waals surface area (Å²) in [5.74, 6) is -0.578. The number of hydrogen-bond acceptors (Lipinski definition) is 4. The Labute approximate surface area is 118 Å². The second kappa shape index (κ2) is 4.35. The highest BCUT2D eigenvalue weighted by Crippen LogP contribution is 2.31. The average molecular weight is 289 g/mol. The van der Waals surface area contributed by atoms with Gasteiger partial charge in [0.1, 0.15) is 11.3 Å². The first-order valence-corrected chi connectivity index (χ1v) is 6.26. The Kier molecular flexibility index (Phi) is 2.76. The van der Waals surface area contributed by atoms with E-state index in [4.69, 9.17) is 16.0 Å². The maximum Gasteiger partial charge on any atom is 0.344 e. The van der Waals surface area contributed by atoms with Crippen molar-refractivity contribution < 1.29 is 14.3 Å². The molecule has 2 aromatic carbocycles. The highest BCUT2D eigenvalue weighted by Gasteiger charge is 2.17. The van der Waals surface area contributed by atoms with Crippen LogP contribution >= 0.6 is 11.6 Å². The number of phenols is 1. The molecule has 0 atom stereocenters. The third-order valence-electron chi connectivity index (χ3n) is 3.17. The van der Waals surface area contributed by atoms with Crippen molar-refractivity contribution in [2.24, 2.45) is 0 Å². The second-order valence-corrected chi connectivity index (χ2v) is 4.91. The number of carbonyl (C=O) groups excluding carboxylic acids is 1. The van der Waals surface area contributed by atoms with Crippen LogP contribution in [0.1, 0.15) is 17.3 Å². The first-order chi connectivity index (χ1) is 9.49. The average Bonchev–Trinajstić information content (AvgIpc) is 2.38. The van der Waals surface area contributed by atoms with Crippen LogP contribution in [0, 0.1) is 0 Å². The van der Waals surface area contributed by atoms with E-state index in [1.54, 1.807) is 18.2 Å². The summed E-state index contributed by atoms with van der Waals surface area (Å²) in [6.07, 6.45) is 0. The summed E-state index contributed by atoms with van der Waals surface area (Å²) in [6, 6.07) is 7.88. The van der Waals surface area contributed by atoms with Gasteiger partial charge in [-0.3, -0.25) is 4.79 Å². The molecule has 5 heteroatoms. The van der Waals surface area contributed by atoms with Crippen molar-refractivity contribution in [1.29, 1.82) is 0 Å². The number of hydrogen-bond donors (Lipinski definition) is 1. The topological polar surface area (TPSA) is 67.5 Å². The minimum atomic E-state index is -0.594. The summed E-state index contributed by atoms with van der Waals surface area (Å²) in [7, 11) is 0. The molecule has 0 saturated heterocycles. The predicted octanol–water partition coefficient (Wildman–Crippen LogP) is 3.51. The number of ketones is 1. The van der Waals surface area contributed by atoms with Gasteiger partial charge in [0.25, 0.3) is 0 Å². The Hall–Kier alpha value is -2.33. The predicted molar refractivity (Wildman–Crippen MR) is 76.7 cm³/mol. The zero-order valence-corrected chi connectivity index (χ0v) is 11.2. The molecule has 0 bridgehead atoms. The Morgan fingerprint density at radius 1 is 1.15 bits per heavy atom. The van der Waals surface area contributed by atoms with Crippen molar-refractivity contribution in [3.05, 3.63) is 51.3 Å². The van der Waals surface area contributed by atoms with Gasteiger partial charge >= 0.3 is 5.63 Å². The lowest BCUT2D eigenvalue weighted by atomic mass is 10.0. The molecule has 0 spiro atoms. The van der Waals surface area contributed by atoms with Gasteiger partial charge in [-0.05, 0) is 31.2 Å². The Morgan fingerprint density at radius 3 is 2.55 bits per heavy atom. The van der Waals surface area contributed by atoms with Crippen molar-refractivity contribution in [2.75, 3.05) is 0 Å². The molecule has 20 heavy (non-hydrogen) atoms. The molecule has 0 saturated carbocycles. The lowest BCUT2D eigenvalue weighted by molar-refractivity contribution is 0.101. The van der Waals surface area contributed by atoms with Gasteiger partial charge in [-0.25, -0.2) is 4.79 Å². The number of phenolic OH excluding ortho intramolecular Hbond substituents is 1. The van der Waals surface area contributed by atoms with Crippen molar-refractivity contribution in [2.45, 2.75) is 6.92 Å². The summed E-state index contributed by atoms with van der Waals surface area (Å²) in [5.41, 5.74) is -0.489. The number of Topliss-reactive ketones (excluding diaryl/α,β-unsaturated/α-hetero) is 1. The van der Waals surface area contributed by atoms with E-state index in [0.717, 1.165) is 0 Å². The Balaban J connectivity index is 2.61. The first kappa shape index (κ1) is 12.7. The largest absolute Gasteiger partial charge is 0.507 e. The minimum absolute atomic E-state index is 0.0106. The molecule has 0 radical (unpaired) electrons. The van der Waals surface area contributed by atoms with Crippen LogP contribution in [0.15, 0.2) is 39.5 Å². The van der Waals surface area contributed by atoms with Crippen LogP contribution in [0.4, 0.5) is 0 Å². The maximum atomic E-state index is 12.0. The van der Waals surface area contributed by atoms with E-state index < -0.39 is 5.63 Å². The number of aromatic hydroxyl groups is 1. The molecule has 1 aromatic heterocycles. The van der Waals surface area contributed by atoms with Crippen molar-refractivity contribution >= 4 is 39.1 Å². The summed E-state index contributed by atoms with van der Waals surface area (Å²) >= 11 is 5.87. The quantitative estimate of drug-likeness (QED) is 0.423. The standard InChI is InChI=1S/C15H9ClO4/c1-7(17)13-12(18)5-4-10-9-3-2-8(16)6-11(9)15(19)20-14(10)13/h2-6,18H,1H3. The fourth-order valence-electron chi connectivity index (χ4n) is 2.30. The van der Waals surface area contributed by atoms with E-state index in [2.05, 4.69) is 0 Å². The van der Waals surface area contributed by atoms with Gasteiger partial charge in [0.15, 0.2) is 11.4 Å². The maximum absolute atomic E-state index is 12.0. The summed E-state index contributed by atoms with van der Waals surface area (Å²) in [4.78, 5) is 23.7. The zero-order chi connectivity index (χ0) is 14.4. The lowest BCUT2D eigenvalue weighted by Gasteiger charge is -2.07. The van der Waals surface area contributed by atoms with Gasteiger partial charge in [0, 0.05) is 15.8 Å². The Bertz CT molecular complexity index is 924. The fraction of sp³-hybridized carbons (Fsp3) is 0.0667. The Morgan fingerprint density at radius 2 is 1.85 bits per heavy atom. The number of benzene rings is 2. The second-order valence-electron chi connectivity index (χ2n) is 4.47. The highest BCUT2D eigenvalue weighted by atomic mass is 35.5. The van der Waals surface area contributed by atoms with Crippen molar-refractivity contribution in [3.63, 3.8) is 0 Å². The van der Waals surface area contributed by atoms with Crippen LogP contribution < -0.4 is 5.63 Å². The number of carbonyl (C=O) groups is 1. The van der Waals surface area contributed by atoms with Crippen molar-refractivity contribution in [1.82, 2.24) is 0 Å². The van der Waals surface area contributed by atoms with Gasteiger partial charge in [-0.2, -0.15) is 0 Å². The SMILES string of the molecule is CC(=O)c1c(O)ccc2c1oc(=O)c1cc(Cl)ccc12. The molecule has 0 aliphatic heterocycles. The van der Waals surface area contributed by atoms with Crippen LogP contribution in [-0.4, -0.2) is 10.9 Å². The molecule has 1 N–H and O–H groups in total. The molecule has 100 valence electrons. The van der Waals surface area contributed by atoms with Gasteiger partial charge < -0.3 is 9.52 Å². The van der Waals surface area contributed by atoms with Crippen LogP contribution in [0.5, 0.6) is 5.75 Å². The van der Waals surface area contributed by atoms with Crippen LogP contribution in [0.3, 0.4) is 0 Å². The summed E-state index contributed by atoms with van der Waals surface area (Å²) < 4.78 is 5.21. The minimum Gasteiger partial charge on any atom is -0.507 e. The summed E-state index contributed by atoms with van der Waals surface area (Å²) in [5, 5.41) is 11.8. The molecule has 3 aromatic rings. The fourth-order valence-corrected chi connectivity index (χ4v) is 2.47. The highest BCUT2D eigenvalue weighted by molar-refractivity contribution is 6.31. The van der Waals surface area contributed by atoms with E-state index >= 15 is 0 Å². The first-order valence-electron chi connectivity index (χ1n) is 5.88. The molecule has 0 unspecified atom stereocenters. The van der Waals surface area contributed by atoms with Gasteiger partial charge in [0.05, 0.1) is 5.39 Å². The van der Waals surface area contributed by atoms with E-state index in [0.29, 0.717) is 21.2 Å². The number of halogens is 1. The molecule has 4 nitrogen and oxygen atoms in total. The van der Waals surface area contributed by atoms with Crippen LogP contribution in [0.2, 0.25) is 5.02 Å². The molecule has 0 fully saturated rings. The monoisotopic (exact) mass is 288 g/mol. The molecule has 0 aliphatic rings. The number of fused-ring (bicyclic) bond motifs is 3. The van der Waals surface area contributed by atoms with E-state index in [1.165, 1.54) is 19.1 Å². The van der Waals surface area contributed by atoms with Gasteiger partial charge in [-0.15, -0.1) is 0 Å². The molecule has 1 heterocycles. The summed E-state index contributed by atoms with van der Waals surface area (Å²) in [6.45, 7) is 1.31. The van der Waals surface area contributed by atoms with Crippen LogP contribution in [-0.2, 0) is 0 Å². The molecular weight excluding hydrogens is 280 g/mol. The third kappa shape index (κ3) is 1.77. The van der Waals surface area contributed by atoms with E-state index in [9.17, 15) is 14.7 Å². The molecule has 0 aliphatic carbocycles. The van der Waals surface area contributed by atoms with Gasteiger partial charge in [0.2, 0.25) is 0 Å². The molecule has 0 amide bonds. The zero-order valence-electron chi connectivity index (χ0n) is 10.4. The molecular formula is C15H9ClO4. The normalized spacial score (nSPS) is 11.1. The smallest absolute Gasteiger partial charge is 0.344 e. The lowest BCUT2D eigenvalue weighted by Crippen LogP contribution is -2.03. The third-order valence-corrected chi connectivity index (χ3v) is 3.41.